The highest BCUT2D eigenvalue weighted by Gasteiger charge is 2.30. The van der Waals surface area contributed by atoms with Crippen molar-refractivity contribution in [3.05, 3.63) is 59.1 Å². The maximum atomic E-state index is 12.7. The van der Waals surface area contributed by atoms with E-state index in [9.17, 15) is 22.8 Å². The minimum absolute atomic E-state index is 0.0388. The van der Waals surface area contributed by atoms with Crippen LogP contribution in [-0.2, 0) is 15.8 Å². The minimum atomic E-state index is -4.49. The summed E-state index contributed by atoms with van der Waals surface area (Å²) < 4.78 is 38.1. The second-order valence-corrected chi connectivity index (χ2v) is 5.91. The Labute approximate surface area is 153 Å². The summed E-state index contributed by atoms with van der Waals surface area (Å²) in [6.07, 6.45) is -4.59. The average molecular weight is 385 g/mol. The minimum Gasteiger partial charge on any atom is -0.326 e. The number of halogens is 4. The molecule has 0 saturated carbocycles. The fourth-order valence-corrected chi connectivity index (χ4v) is 2.57. The number of carbonyl (C=O) groups is 2. The molecule has 0 bridgehead atoms. The molecular weight excluding hydrogens is 369 g/mol. The molecule has 26 heavy (non-hydrogen) atoms. The van der Waals surface area contributed by atoms with Crippen LogP contribution >= 0.6 is 11.6 Å². The first kappa shape index (κ1) is 19.8. The number of hydrogen-bond acceptors (Lipinski definition) is 2. The van der Waals surface area contributed by atoms with Crippen LogP contribution in [0.2, 0.25) is 5.02 Å². The molecule has 2 amide bonds. The largest absolute Gasteiger partial charge is 0.416 e. The fourth-order valence-electron chi connectivity index (χ4n) is 2.33. The normalized spacial score (nSPS) is 11.1. The Morgan fingerprint density at radius 1 is 1.12 bits per heavy atom. The third kappa shape index (κ3) is 5.23. The van der Waals surface area contributed by atoms with Crippen molar-refractivity contribution in [2.24, 2.45) is 0 Å². The molecule has 0 aliphatic heterocycles. The molecule has 1 N–H and O–H groups in total. The maximum absolute atomic E-state index is 12.7. The van der Waals surface area contributed by atoms with Crippen LogP contribution in [0, 0.1) is 0 Å². The summed E-state index contributed by atoms with van der Waals surface area (Å²) in [5, 5.41) is 2.77. The number of para-hydroxylation sites is 1. The number of nitrogens with one attached hydrogen (secondary N) is 1. The zero-order valence-electron chi connectivity index (χ0n) is 13.8. The molecule has 138 valence electrons. The van der Waals surface area contributed by atoms with Crippen LogP contribution in [-0.4, -0.2) is 18.4 Å². The summed E-state index contributed by atoms with van der Waals surface area (Å²) in [5.74, 6) is -0.812. The topological polar surface area (TPSA) is 49.4 Å². The molecule has 0 spiro atoms. The van der Waals surface area contributed by atoms with Crippen molar-refractivity contribution >= 4 is 34.8 Å². The molecular formula is C18H16ClF3N2O2. The van der Waals surface area contributed by atoms with Gasteiger partial charge in [-0.05, 0) is 30.3 Å². The number of anilines is 2. The van der Waals surface area contributed by atoms with Gasteiger partial charge < -0.3 is 10.2 Å². The molecule has 0 atom stereocenters. The van der Waals surface area contributed by atoms with Gasteiger partial charge in [-0.3, -0.25) is 9.59 Å². The smallest absolute Gasteiger partial charge is 0.326 e. The average Bonchev–Trinajstić information content (AvgIpc) is 2.56. The van der Waals surface area contributed by atoms with Crippen LogP contribution in [0.5, 0.6) is 0 Å². The highest BCUT2D eigenvalue weighted by atomic mass is 35.5. The summed E-state index contributed by atoms with van der Waals surface area (Å²) in [4.78, 5) is 25.2. The highest BCUT2D eigenvalue weighted by molar-refractivity contribution is 6.33. The van der Waals surface area contributed by atoms with Crippen LogP contribution in [0.25, 0.3) is 0 Å². The van der Waals surface area contributed by atoms with E-state index in [1.165, 1.54) is 24.0 Å². The van der Waals surface area contributed by atoms with E-state index in [-0.39, 0.29) is 24.6 Å². The SMILES string of the molecule is CC(=O)N(CCC(=O)Nc1cccc(C(F)(F)F)c1)c1ccccc1Cl. The van der Waals surface area contributed by atoms with Gasteiger partial charge in [0, 0.05) is 25.6 Å². The van der Waals surface area contributed by atoms with Crippen molar-refractivity contribution < 1.29 is 22.8 Å². The van der Waals surface area contributed by atoms with Gasteiger partial charge in [0.15, 0.2) is 0 Å². The summed E-state index contributed by atoms with van der Waals surface area (Å²) in [6, 6.07) is 11.0. The molecule has 4 nitrogen and oxygen atoms in total. The van der Waals surface area contributed by atoms with Crippen molar-refractivity contribution in [2.75, 3.05) is 16.8 Å². The lowest BCUT2D eigenvalue weighted by Gasteiger charge is -2.22. The standard InChI is InChI=1S/C18H16ClF3N2O2/c1-12(25)24(16-8-3-2-7-15(16)19)10-9-17(26)23-14-6-4-5-13(11-14)18(20,21)22/h2-8,11H,9-10H2,1H3,(H,23,26). The van der Waals surface area contributed by atoms with E-state index < -0.39 is 17.6 Å². The van der Waals surface area contributed by atoms with Gasteiger partial charge in [0.05, 0.1) is 16.3 Å². The summed E-state index contributed by atoms with van der Waals surface area (Å²) >= 11 is 6.07. The van der Waals surface area contributed by atoms with E-state index in [4.69, 9.17) is 11.6 Å². The summed E-state index contributed by atoms with van der Waals surface area (Å²) in [7, 11) is 0. The van der Waals surface area contributed by atoms with Crippen LogP contribution in [0.15, 0.2) is 48.5 Å². The number of rotatable bonds is 5. The Kier molecular flexibility index (Phi) is 6.26. The number of benzene rings is 2. The first-order valence-electron chi connectivity index (χ1n) is 7.68. The Hall–Kier alpha value is -2.54. The third-order valence-electron chi connectivity index (χ3n) is 3.56. The Bertz CT molecular complexity index is 809. The zero-order valence-corrected chi connectivity index (χ0v) is 14.6. The Morgan fingerprint density at radius 2 is 1.81 bits per heavy atom. The lowest BCUT2D eigenvalue weighted by atomic mass is 10.2. The van der Waals surface area contributed by atoms with Gasteiger partial charge in [0.2, 0.25) is 11.8 Å². The van der Waals surface area contributed by atoms with E-state index in [1.807, 2.05) is 0 Å². The quantitative estimate of drug-likeness (QED) is 0.809. The molecule has 2 aromatic carbocycles. The first-order valence-corrected chi connectivity index (χ1v) is 8.06. The molecule has 8 heteroatoms. The van der Waals surface area contributed by atoms with Gasteiger partial charge in [-0.1, -0.05) is 29.8 Å². The van der Waals surface area contributed by atoms with Crippen LogP contribution in [0.1, 0.15) is 18.9 Å². The molecule has 0 saturated heterocycles. The lowest BCUT2D eigenvalue weighted by molar-refractivity contribution is -0.137. The molecule has 0 aliphatic carbocycles. The first-order chi connectivity index (χ1) is 12.2. The van der Waals surface area contributed by atoms with Gasteiger partial charge in [-0.25, -0.2) is 0 Å². The number of carbonyl (C=O) groups excluding carboxylic acids is 2. The van der Waals surface area contributed by atoms with Crippen molar-refractivity contribution in [3.8, 4) is 0 Å². The van der Waals surface area contributed by atoms with Gasteiger partial charge in [-0.2, -0.15) is 13.2 Å². The van der Waals surface area contributed by atoms with Crippen LogP contribution < -0.4 is 10.2 Å². The predicted molar refractivity (Wildman–Crippen MR) is 94.2 cm³/mol. The number of alkyl halides is 3. The monoisotopic (exact) mass is 384 g/mol. The van der Waals surface area contributed by atoms with E-state index in [2.05, 4.69) is 5.32 Å². The molecule has 0 aliphatic rings. The third-order valence-corrected chi connectivity index (χ3v) is 3.88. The Morgan fingerprint density at radius 3 is 2.42 bits per heavy atom. The maximum Gasteiger partial charge on any atom is 0.416 e. The second-order valence-electron chi connectivity index (χ2n) is 5.50. The number of amides is 2. The van der Waals surface area contributed by atoms with Crippen molar-refractivity contribution in [2.45, 2.75) is 19.5 Å². The van der Waals surface area contributed by atoms with Crippen molar-refractivity contribution in [1.82, 2.24) is 0 Å². The molecule has 0 radical (unpaired) electrons. The van der Waals surface area contributed by atoms with E-state index in [0.717, 1.165) is 12.1 Å². The number of nitrogens with zero attached hydrogens (tertiary/aromatic N) is 1. The van der Waals surface area contributed by atoms with E-state index >= 15 is 0 Å². The predicted octanol–water partition coefficient (Wildman–Crippen LogP) is 4.74. The molecule has 2 rings (SSSR count). The summed E-state index contributed by atoms with van der Waals surface area (Å²) in [6.45, 7) is 1.39. The highest BCUT2D eigenvalue weighted by Crippen LogP contribution is 2.30. The van der Waals surface area contributed by atoms with Gasteiger partial charge >= 0.3 is 6.18 Å². The molecule has 0 aromatic heterocycles. The molecule has 0 heterocycles. The molecule has 2 aromatic rings. The van der Waals surface area contributed by atoms with Gasteiger partial charge in [-0.15, -0.1) is 0 Å². The van der Waals surface area contributed by atoms with E-state index in [1.54, 1.807) is 24.3 Å². The molecule has 0 unspecified atom stereocenters. The summed E-state index contributed by atoms with van der Waals surface area (Å²) in [5.41, 5.74) is -0.345. The van der Waals surface area contributed by atoms with Crippen LogP contribution in [0.4, 0.5) is 24.5 Å². The van der Waals surface area contributed by atoms with Crippen LogP contribution in [0.3, 0.4) is 0 Å². The van der Waals surface area contributed by atoms with Gasteiger partial charge in [0.25, 0.3) is 0 Å². The lowest BCUT2D eigenvalue weighted by Crippen LogP contribution is -2.32. The van der Waals surface area contributed by atoms with Gasteiger partial charge in [0.1, 0.15) is 0 Å². The zero-order chi connectivity index (χ0) is 19.3. The molecule has 0 fully saturated rings. The van der Waals surface area contributed by atoms with Crippen molar-refractivity contribution in [1.29, 1.82) is 0 Å². The number of hydrogen-bond donors (Lipinski definition) is 1. The van der Waals surface area contributed by atoms with E-state index in [0.29, 0.717) is 10.7 Å². The second kappa shape index (κ2) is 8.23. The Balaban J connectivity index is 2.03. The van der Waals surface area contributed by atoms with Crippen molar-refractivity contribution in [3.63, 3.8) is 0 Å². The fraction of sp³-hybridized carbons (Fsp3) is 0.222.